The Morgan fingerprint density at radius 2 is 2.27 bits per heavy atom. The van der Waals surface area contributed by atoms with Crippen molar-refractivity contribution in [2.24, 2.45) is 0 Å². The molecule has 1 aromatic rings. The molecular weight excluding hydrogens is 194 g/mol. The molecular formula is C11H15NO3. The Morgan fingerprint density at radius 1 is 1.53 bits per heavy atom. The first-order chi connectivity index (χ1) is 7.13. The van der Waals surface area contributed by atoms with E-state index >= 15 is 0 Å². The lowest BCUT2D eigenvalue weighted by atomic mass is 10.2. The van der Waals surface area contributed by atoms with Crippen LogP contribution in [0, 0.1) is 0 Å². The normalized spacial score (nSPS) is 10.2. The summed E-state index contributed by atoms with van der Waals surface area (Å²) in [6.07, 6.45) is 3.56. The van der Waals surface area contributed by atoms with E-state index < -0.39 is 5.97 Å². The summed E-state index contributed by atoms with van der Waals surface area (Å²) in [7, 11) is 0. The maximum Gasteiger partial charge on any atom is 0.307 e. The highest BCUT2D eigenvalue weighted by atomic mass is 16.4. The summed E-state index contributed by atoms with van der Waals surface area (Å²) in [5.74, 6) is -0.916. The van der Waals surface area contributed by atoms with Crippen LogP contribution in [-0.4, -0.2) is 15.6 Å². The van der Waals surface area contributed by atoms with Gasteiger partial charge in [0.15, 0.2) is 0 Å². The zero-order valence-electron chi connectivity index (χ0n) is 8.77. The van der Waals surface area contributed by atoms with Crippen molar-refractivity contribution in [3.05, 3.63) is 34.2 Å². The van der Waals surface area contributed by atoms with Crippen LogP contribution in [0.3, 0.4) is 0 Å². The summed E-state index contributed by atoms with van der Waals surface area (Å²) >= 11 is 0. The van der Waals surface area contributed by atoms with Crippen LogP contribution in [0.1, 0.15) is 25.3 Å². The van der Waals surface area contributed by atoms with Gasteiger partial charge in [0, 0.05) is 18.8 Å². The molecule has 0 aromatic carbocycles. The van der Waals surface area contributed by atoms with E-state index in [0.29, 0.717) is 12.1 Å². The summed E-state index contributed by atoms with van der Waals surface area (Å²) in [5, 5.41) is 8.56. The number of aliphatic carboxylic acids is 1. The summed E-state index contributed by atoms with van der Waals surface area (Å²) in [6, 6.07) is 3.08. The van der Waals surface area contributed by atoms with Crippen LogP contribution < -0.4 is 5.56 Å². The molecule has 0 spiro atoms. The highest BCUT2D eigenvalue weighted by Crippen LogP contribution is 1.98. The van der Waals surface area contributed by atoms with Gasteiger partial charge < -0.3 is 9.67 Å². The Bertz CT molecular complexity index is 395. The lowest BCUT2D eigenvalue weighted by Crippen LogP contribution is -2.19. The number of carboxylic acids is 1. The summed E-state index contributed by atoms with van der Waals surface area (Å²) in [4.78, 5) is 21.9. The van der Waals surface area contributed by atoms with Crippen molar-refractivity contribution < 1.29 is 9.90 Å². The zero-order valence-corrected chi connectivity index (χ0v) is 8.77. The van der Waals surface area contributed by atoms with E-state index in [1.165, 1.54) is 6.07 Å². The zero-order chi connectivity index (χ0) is 11.3. The molecule has 1 N–H and O–H groups in total. The number of carboxylic acid groups (broad SMARTS) is 1. The lowest BCUT2D eigenvalue weighted by Gasteiger charge is -2.04. The molecule has 4 heteroatoms. The van der Waals surface area contributed by atoms with E-state index in [4.69, 9.17) is 5.11 Å². The minimum atomic E-state index is -0.916. The molecule has 0 radical (unpaired) electrons. The van der Waals surface area contributed by atoms with Crippen LogP contribution in [0.5, 0.6) is 0 Å². The summed E-state index contributed by atoms with van der Waals surface area (Å²) in [6.45, 7) is 2.76. The molecule has 0 unspecified atom stereocenters. The van der Waals surface area contributed by atoms with Gasteiger partial charge in [0.25, 0.3) is 5.56 Å². The third kappa shape index (κ3) is 3.58. The van der Waals surface area contributed by atoms with Crippen LogP contribution in [0.25, 0.3) is 0 Å². The van der Waals surface area contributed by atoms with Crippen LogP contribution >= 0.6 is 0 Å². The fourth-order valence-electron chi connectivity index (χ4n) is 1.35. The number of pyridine rings is 1. The molecule has 0 aliphatic heterocycles. The molecule has 82 valence electrons. The molecule has 0 saturated carbocycles. The second kappa shape index (κ2) is 5.34. The molecule has 1 heterocycles. The van der Waals surface area contributed by atoms with E-state index in [0.717, 1.165) is 12.8 Å². The van der Waals surface area contributed by atoms with E-state index in [-0.39, 0.29) is 12.0 Å². The molecule has 0 atom stereocenters. The first-order valence-electron chi connectivity index (χ1n) is 5.04. The number of carbonyl (C=O) groups is 1. The van der Waals surface area contributed by atoms with Gasteiger partial charge in [-0.25, -0.2) is 0 Å². The van der Waals surface area contributed by atoms with Gasteiger partial charge in [0.1, 0.15) is 0 Å². The average Bonchev–Trinajstić information content (AvgIpc) is 2.15. The van der Waals surface area contributed by atoms with Crippen molar-refractivity contribution in [3.8, 4) is 0 Å². The van der Waals surface area contributed by atoms with Crippen molar-refractivity contribution in [1.82, 2.24) is 4.57 Å². The topological polar surface area (TPSA) is 59.3 Å². The standard InChI is InChI=1S/C11H15NO3/c1-2-3-5-12-6-4-9(7-10(12)13)8-11(14)15/h4,6-7H,2-3,5,8H2,1H3,(H,14,15). The van der Waals surface area contributed by atoms with Crippen molar-refractivity contribution >= 4 is 5.97 Å². The fourth-order valence-corrected chi connectivity index (χ4v) is 1.35. The molecule has 0 saturated heterocycles. The Morgan fingerprint density at radius 3 is 2.80 bits per heavy atom. The third-order valence-electron chi connectivity index (χ3n) is 2.17. The number of hydrogen-bond acceptors (Lipinski definition) is 2. The quantitative estimate of drug-likeness (QED) is 0.794. The molecule has 1 aromatic heterocycles. The summed E-state index contributed by atoms with van der Waals surface area (Å²) in [5.41, 5.74) is 0.433. The molecule has 0 aliphatic carbocycles. The van der Waals surface area contributed by atoms with Gasteiger partial charge in [-0.1, -0.05) is 13.3 Å². The molecule has 15 heavy (non-hydrogen) atoms. The third-order valence-corrected chi connectivity index (χ3v) is 2.17. The largest absolute Gasteiger partial charge is 0.481 e. The summed E-state index contributed by atoms with van der Waals surface area (Å²) < 4.78 is 1.61. The van der Waals surface area contributed by atoms with Gasteiger partial charge in [-0.15, -0.1) is 0 Å². The first kappa shape index (κ1) is 11.5. The van der Waals surface area contributed by atoms with Crippen molar-refractivity contribution in [2.75, 3.05) is 0 Å². The number of nitrogens with zero attached hydrogens (tertiary/aromatic N) is 1. The smallest absolute Gasteiger partial charge is 0.307 e. The fraction of sp³-hybridized carbons (Fsp3) is 0.455. The van der Waals surface area contributed by atoms with E-state index in [2.05, 4.69) is 6.92 Å². The predicted octanol–water partition coefficient (Wildman–Crippen LogP) is 1.28. The maximum absolute atomic E-state index is 11.5. The van der Waals surface area contributed by atoms with Crippen molar-refractivity contribution in [1.29, 1.82) is 0 Å². The Balaban J connectivity index is 2.79. The SMILES string of the molecule is CCCCn1ccc(CC(=O)O)cc1=O. The van der Waals surface area contributed by atoms with Gasteiger partial charge in [-0.3, -0.25) is 9.59 Å². The van der Waals surface area contributed by atoms with E-state index in [9.17, 15) is 9.59 Å². The van der Waals surface area contributed by atoms with E-state index in [1.807, 2.05) is 0 Å². The number of aryl methyl sites for hydroxylation is 1. The van der Waals surface area contributed by atoms with Crippen LogP contribution in [0.4, 0.5) is 0 Å². The Kier molecular flexibility index (Phi) is 4.09. The van der Waals surface area contributed by atoms with Crippen molar-refractivity contribution in [2.45, 2.75) is 32.7 Å². The van der Waals surface area contributed by atoms with Crippen molar-refractivity contribution in [3.63, 3.8) is 0 Å². The van der Waals surface area contributed by atoms with Gasteiger partial charge in [-0.2, -0.15) is 0 Å². The minimum Gasteiger partial charge on any atom is -0.481 e. The van der Waals surface area contributed by atoms with Crippen LogP contribution in [0.2, 0.25) is 0 Å². The monoisotopic (exact) mass is 209 g/mol. The van der Waals surface area contributed by atoms with Crippen LogP contribution in [0.15, 0.2) is 23.1 Å². The highest BCUT2D eigenvalue weighted by Gasteiger charge is 2.02. The Hall–Kier alpha value is -1.58. The predicted molar refractivity (Wildman–Crippen MR) is 56.9 cm³/mol. The van der Waals surface area contributed by atoms with E-state index in [1.54, 1.807) is 16.8 Å². The van der Waals surface area contributed by atoms with Gasteiger partial charge in [-0.05, 0) is 18.1 Å². The second-order valence-electron chi connectivity index (χ2n) is 3.49. The average molecular weight is 209 g/mol. The molecule has 0 fully saturated rings. The first-order valence-corrected chi connectivity index (χ1v) is 5.04. The number of unbranched alkanes of at least 4 members (excludes halogenated alkanes) is 1. The molecule has 1 rings (SSSR count). The maximum atomic E-state index is 11.5. The molecule has 4 nitrogen and oxygen atoms in total. The highest BCUT2D eigenvalue weighted by molar-refractivity contribution is 5.69. The number of rotatable bonds is 5. The van der Waals surface area contributed by atoms with Gasteiger partial charge >= 0.3 is 5.97 Å². The molecule has 0 amide bonds. The Labute approximate surface area is 88.2 Å². The van der Waals surface area contributed by atoms with Gasteiger partial charge in [0.05, 0.1) is 6.42 Å². The van der Waals surface area contributed by atoms with Gasteiger partial charge in [0.2, 0.25) is 0 Å². The number of aromatic nitrogens is 1. The lowest BCUT2D eigenvalue weighted by molar-refractivity contribution is -0.136. The number of hydrogen-bond donors (Lipinski definition) is 1. The molecule has 0 bridgehead atoms. The second-order valence-corrected chi connectivity index (χ2v) is 3.49. The van der Waals surface area contributed by atoms with Crippen LogP contribution in [-0.2, 0) is 17.8 Å². The molecule has 0 aliphatic rings. The minimum absolute atomic E-state index is 0.0934.